The van der Waals surface area contributed by atoms with Gasteiger partial charge >= 0.3 is 0 Å². The van der Waals surface area contributed by atoms with Crippen LogP contribution in [0.1, 0.15) is 30.6 Å². The molecular formula is C18H18N2O3S. The number of carbonyl (C=O) groups is 3. The van der Waals surface area contributed by atoms with E-state index >= 15 is 0 Å². The van der Waals surface area contributed by atoms with Crippen LogP contribution in [-0.2, 0) is 20.8 Å². The first-order chi connectivity index (χ1) is 11.6. The van der Waals surface area contributed by atoms with Crippen molar-refractivity contribution >= 4 is 40.4 Å². The molecule has 1 aromatic carbocycles. The Balaban J connectivity index is 1.63. The Morgan fingerprint density at radius 3 is 2.54 bits per heavy atom. The molecule has 0 bridgehead atoms. The van der Waals surface area contributed by atoms with Crippen LogP contribution in [0.4, 0.5) is 11.4 Å². The van der Waals surface area contributed by atoms with Gasteiger partial charge in [-0.3, -0.25) is 14.4 Å². The van der Waals surface area contributed by atoms with E-state index in [2.05, 4.69) is 11.4 Å². The second-order valence-corrected chi connectivity index (χ2v) is 6.65. The number of rotatable bonds is 6. The fourth-order valence-electron chi connectivity index (χ4n) is 2.71. The van der Waals surface area contributed by atoms with Crippen molar-refractivity contribution < 1.29 is 14.4 Å². The minimum absolute atomic E-state index is 0.113. The Labute approximate surface area is 144 Å². The van der Waals surface area contributed by atoms with E-state index in [1.54, 1.807) is 35.6 Å². The number of thiophene rings is 1. The van der Waals surface area contributed by atoms with E-state index in [9.17, 15) is 14.4 Å². The molecule has 0 radical (unpaired) electrons. The summed E-state index contributed by atoms with van der Waals surface area (Å²) in [6, 6.07) is 11.0. The summed E-state index contributed by atoms with van der Waals surface area (Å²) >= 11 is 1.68. The van der Waals surface area contributed by atoms with Crippen LogP contribution in [0.2, 0.25) is 0 Å². The molecule has 1 aromatic heterocycles. The van der Waals surface area contributed by atoms with Crippen molar-refractivity contribution in [2.75, 3.05) is 10.2 Å². The van der Waals surface area contributed by atoms with Gasteiger partial charge in [0.1, 0.15) is 0 Å². The number of nitrogens with one attached hydrogen (secondary N) is 1. The number of para-hydroxylation sites is 2. The van der Waals surface area contributed by atoms with Crippen LogP contribution in [0.5, 0.6) is 0 Å². The van der Waals surface area contributed by atoms with E-state index in [-0.39, 0.29) is 30.6 Å². The van der Waals surface area contributed by atoms with Crippen molar-refractivity contribution in [1.29, 1.82) is 0 Å². The lowest BCUT2D eigenvalue weighted by Gasteiger charge is -2.18. The van der Waals surface area contributed by atoms with Crippen LogP contribution >= 0.6 is 11.3 Å². The lowest BCUT2D eigenvalue weighted by molar-refractivity contribution is -0.121. The zero-order valence-electron chi connectivity index (χ0n) is 13.2. The molecule has 0 unspecified atom stereocenters. The zero-order valence-corrected chi connectivity index (χ0v) is 14.0. The normalized spacial score (nSPS) is 14.2. The van der Waals surface area contributed by atoms with E-state index in [0.29, 0.717) is 17.8 Å². The Kier molecular flexibility index (Phi) is 5.05. The van der Waals surface area contributed by atoms with Crippen LogP contribution in [0, 0.1) is 0 Å². The maximum absolute atomic E-state index is 12.2. The first-order valence-corrected chi connectivity index (χ1v) is 8.80. The average molecular weight is 342 g/mol. The predicted octanol–water partition coefficient (Wildman–Crippen LogP) is 3.36. The van der Waals surface area contributed by atoms with Gasteiger partial charge in [0.2, 0.25) is 17.7 Å². The van der Waals surface area contributed by atoms with E-state index < -0.39 is 0 Å². The van der Waals surface area contributed by atoms with Gasteiger partial charge in [-0.25, -0.2) is 4.90 Å². The van der Waals surface area contributed by atoms with Crippen molar-refractivity contribution in [1.82, 2.24) is 0 Å². The van der Waals surface area contributed by atoms with Crippen LogP contribution < -0.4 is 10.2 Å². The summed E-state index contributed by atoms with van der Waals surface area (Å²) in [4.78, 5) is 38.4. The molecule has 1 N–H and O–H groups in total. The lowest BCUT2D eigenvalue weighted by Crippen LogP contribution is -2.29. The fourth-order valence-corrected chi connectivity index (χ4v) is 3.46. The van der Waals surface area contributed by atoms with Gasteiger partial charge in [-0.05, 0) is 36.4 Å². The van der Waals surface area contributed by atoms with Crippen molar-refractivity contribution in [2.24, 2.45) is 0 Å². The third kappa shape index (κ3) is 3.71. The van der Waals surface area contributed by atoms with E-state index in [0.717, 1.165) is 12.8 Å². The number of aryl methyl sites for hydroxylation is 1. The first-order valence-electron chi connectivity index (χ1n) is 7.92. The smallest absolute Gasteiger partial charge is 0.234 e. The van der Waals surface area contributed by atoms with Crippen LogP contribution in [0.3, 0.4) is 0 Å². The molecule has 2 aromatic rings. The van der Waals surface area contributed by atoms with Crippen molar-refractivity contribution in [3.05, 3.63) is 46.7 Å². The SMILES string of the molecule is O=C(CCCc1cccs1)Nc1ccccc1N1C(=O)CCC1=O. The second-order valence-electron chi connectivity index (χ2n) is 5.62. The number of carbonyl (C=O) groups excluding carboxylic acids is 3. The van der Waals surface area contributed by atoms with E-state index in [4.69, 9.17) is 0 Å². The highest BCUT2D eigenvalue weighted by Crippen LogP contribution is 2.30. The molecule has 124 valence electrons. The molecule has 3 amide bonds. The number of hydrogen-bond donors (Lipinski definition) is 1. The summed E-state index contributed by atoms with van der Waals surface area (Å²) in [7, 11) is 0. The third-order valence-corrected chi connectivity index (χ3v) is 4.81. The molecule has 1 aliphatic rings. The van der Waals surface area contributed by atoms with Crippen LogP contribution in [0.15, 0.2) is 41.8 Å². The molecule has 1 fully saturated rings. The van der Waals surface area contributed by atoms with Gasteiger partial charge in [-0.1, -0.05) is 18.2 Å². The summed E-state index contributed by atoms with van der Waals surface area (Å²) < 4.78 is 0. The van der Waals surface area contributed by atoms with E-state index in [1.807, 2.05) is 11.4 Å². The number of hydrogen-bond acceptors (Lipinski definition) is 4. The summed E-state index contributed by atoms with van der Waals surface area (Å²) in [5, 5.41) is 4.85. The van der Waals surface area contributed by atoms with Gasteiger partial charge in [-0.15, -0.1) is 11.3 Å². The quantitative estimate of drug-likeness (QED) is 0.819. The molecule has 24 heavy (non-hydrogen) atoms. The van der Waals surface area contributed by atoms with Crippen LogP contribution in [-0.4, -0.2) is 17.7 Å². The highest BCUT2D eigenvalue weighted by atomic mass is 32.1. The molecule has 0 aliphatic carbocycles. The molecule has 3 rings (SSSR count). The summed E-state index contributed by atoms with van der Waals surface area (Å²) in [6.07, 6.45) is 2.48. The van der Waals surface area contributed by atoms with Crippen molar-refractivity contribution in [3.63, 3.8) is 0 Å². The standard InChI is InChI=1S/C18H18N2O3S/c21-16(9-3-5-13-6-4-12-24-13)19-14-7-1-2-8-15(14)20-17(22)10-11-18(20)23/h1-2,4,6-8,12H,3,5,9-11H2,(H,19,21). The average Bonchev–Trinajstić information content (AvgIpc) is 3.19. The molecule has 5 nitrogen and oxygen atoms in total. The van der Waals surface area contributed by atoms with Crippen LogP contribution in [0.25, 0.3) is 0 Å². The van der Waals surface area contributed by atoms with Crippen molar-refractivity contribution in [2.45, 2.75) is 32.1 Å². The van der Waals surface area contributed by atoms with Crippen molar-refractivity contribution in [3.8, 4) is 0 Å². The van der Waals surface area contributed by atoms with Gasteiger partial charge in [0.05, 0.1) is 11.4 Å². The fraction of sp³-hybridized carbons (Fsp3) is 0.278. The summed E-state index contributed by atoms with van der Waals surface area (Å²) in [6.45, 7) is 0. The number of anilines is 2. The lowest BCUT2D eigenvalue weighted by atomic mass is 10.2. The highest BCUT2D eigenvalue weighted by Gasteiger charge is 2.31. The summed E-state index contributed by atoms with van der Waals surface area (Å²) in [5.41, 5.74) is 0.957. The molecule has 0 spiro atoms. The van der Waals surface area contributed by atoms with Gasteiger partial charge < -0.3 is 5.32 Å². The molecule has 0 atom stereocenters. The Hall–Kier alpha value is -2.47. The topological polar surface area (TPSA) is 66.5 Å². The van der Waals surface area contributed by atoms with E-state index in [1.165, 1.54) is 9.78 Å². The molecule has 1 saturated heterocycles. The Morgan fingerprint density at radius 2 is 1.83 bits per heavy atom. The highest BCUT2D eigenvalue weighted by molar-refractivity contribution is 7.09. The third-order valence-electron chi connectivity index (χ3n) is 3.88. The Morgan fingerprint density at radius 1 is 1.08 bits per heavy atom. The van der Waals surface area contributed by atoms with Gasteiger partial charge in [0.15, 0.2) is 0 Å². The number of nitrogens with zero attached hydrogens (tertiary/aromatic N) is 1. The predicted molar refractivity (Wildman–Crippen MR) is 94.1 cm³/mol. The zero-order chi connectivity index (χ0) is 16.9. The maximum atomic E-state index is 12.2. The first kappa shape index (κ1) is 16.4. The van der Waals surface area contributed by atoms with Gasteiger partial charge in [-0.2, -0.15) is 0 Å². The van der Waals surface area contributed by atoms with Gasteiger partial charge in [0, 0.05) is 24.1 Å². The largest absolute Gasteiger partial charge is 0.324 e. The Bertz CT molecular complexity index is 739. The van der Waals surface area contributed by atoms with Gasteiger partial charge in [0.25, 0.3) is 0 Å². The molecular weight excluding hydrogens is 324 g/mol. The monoisotopic (exact) mass is 342 g/mol. The minimum Gasteiger partial charge on any atom is -0.324 e. The molecule has 2 heterocycles. The second kappa shape index (κ2) is 7.40. The summed E-state index contributed by atoms with van der Waals surface area (Å²) in [5.74, 6) is -0.558. The minimum atomic E-state index is -0.223. The number of benzene rings is 1. The number of imide groups is 1. The maximum Gasteiger partial charge on any atom is 0.234 e. The molecule has 0 saturated carbocycles. The molecule has 6 heteroatoms. The molecule has 1 aliphatic heterocycles. The number of amides is 3.